The number of benzene rings is 1. The van der Waals surface area contributed by atoms with Crippen molar-refractivity contribution in [1.82, 2.24) is 14.9 Å². The number of para-hydroxylation sites is 1. The first-order valence-electron chi connectivity index (χ1n) is 11.0. The highest BCUT2D eigenvalue weighted by atomic mass is 32.2. The van der Waals surface area contributed by atoms with E-state index in [0.29, 0.717) is 36.7 Å². The van der Waals surface area contributed by atoms with Gasteiger partial charge in [0.25, 0.3) is 5.91 Å². The van der Waals surface area contributed by atoms with E-state index in [0.717, 1.165) is 34.3 Å². The number of thiophene rings is 1. The lowest BCUT2D eigenvalue weighted by molar-refractivity contribution is 0.0751. The lowest BCUT2D eigenvalue weighted by Crippen LogP contribution is -2.48. The Morgan fingerprint density at radius 3 is 2.47 bits per heavy atom. The molecule has 3 aromatic rings. The van der Waals surface area contributed by atoms with Crippen molar-refractivity contribution in [3.63, 3.8) is 0 Å². The fourth-order valence-electron chi connectivity index (χ4n) is 4.45. The summed E-state index contributed by atoms with van der Waals surface area (Å²) in [6.07, 6.45) is 5.58. The highest BCUT2D eigenvalue weighted by Crippen LogP contribution is 2.34. The summed E-state index contributed by atoms with van der Waals surface area (Å²) in [4.78, 5) is 30.6. The molecule has 5 rings (SSSR count). The monoisotopic (exact) mass is 471 g/mol. The number of carbonyl (C=O) groups excluding carboxylic acids is 1. The van der Waals surface area contributed by atoms with Crippen LogP contribution in [0.5, 0.6) is 0 Å². The highest BCUT2D eigenvalue weighted by molar-refractivity contribution is 7.98. The topological polar surface area (TPSA) is 52.6 Å². The number of piperidine rings is 1. The molecule has 0 N–H and O–H groups in total. The second-order valence-electron chi connectivity index (χ2n) is 8.14. The maximum atomic E-state index is 14.1. The minimum Gasteiger partial charge on any atom is -0.366 e. The van der Waals surface area contributed by atoms with Crippen LogP contribution in [0.3, 0.4) is 0 Å². The Bertz CT molecular complexity index is 1120. The molecule has 9 heteroatoms. The molecule has 2 saturated heterocycles. The molecule has 2 fully saturated rings. The van der Waals surface area contributed by atoms with Crippen molar-refractivity contribution in [3.05, 3.63) is 41.0 Å². The number of nitrogens with zero attached hydrogens (tertiary/aromatic N) is 5. The molecule has 0 saturated carbocycles. The standard InChI is InChI=1S/C23H26FN5OS2/c1-31-23-25-20(28-9-5-2-6-10-28)16-15-19(32-21(16)26-23)22(30)29-13-11-27(12-14-29)18-8-4-3-7-17(18)24/h3-4,7-8,15H,2,5-6,9-14H2,1H3. The number of rotatable bonds is 4. The second-order valence-corrected chi connectivity index (χ2v) is 9.95. The van der Waals surface area contributed by atoms with Crippen LogP contribution in [0.2, 0.25) is 0 Å². The molecule has 2 aliphatic rings. The van der Waals surface area contributed by atoms with Gasteiger partial charge >= 0.3 is 0 Å². The molecule has 1 amide bonds. The lowest BCUT2D eigenvalue weighted by Gasteiger charge is -2.36. The molecule has 2 aromatic heterocycles. The Labute approximate surface area is 195 Å². The number of fused-ring (bicyclic) bond motifs is 1. The molecule has 32 heavy (non-hydrogen) atoms. The van der Waals surface area contributed by atoms with Crippen molar-refractivity contribution in [2.24, 2.45) is 0 Å². The number of aromatic nitrogens is 2. The van der Waals surface area contributed by atoms with Crippen LogP contribution < -0.4 is 9.80 Å². The Balaban J connectivity index is 1.37. The number of carbonyl (C=O) groups is 1. The Hall–Kier alpha value is -2.39. The summed E-state index contributed by atoms with van der Waals surface area (Å²) in [6, 6.07) is 8.79. The van der Waals surface area contributed by atoms with Crippen molar-refractivity contribution in [2.75, 3.05) is 55.3 Å². The molecule has 4 heterocycles. The summed E-state index contributed by atoms with van der Waals surface area (Å²) in [5, 5.41) is 1.72. The lowest BCUT2D eigenvalue weighted by atomic mass is 10.1. The Morgan fingerprint density at radius 2 is 1.75 bits per heavy atom. The zero-order chi connectivity index (χ0) is 22.1. The van der Waals surface area contributed by atoms with Crippen molar-refractivity contribution >= 4 is 50.7 Å². The first-order valence-corrected chi connectivity index (χ1v) is 13.1. The van der Waals surface area contributed by atoms with Gasteiger partial charge in [-0.25, -0.2) is 14.4 Å². The van der Waals surface area contributed by atoms with E-state index in [1.54, 1.807) is 12.1 Å². The summed E-state index contributed by atoms with van der Waals surface area (Å²) < 4.78 is 14.1. The van der Waals surface area contributed by atoms with Gasteiger partial charge in [-0.1, -0.05) is 23.9 Å². The van der Waals surface area contributed by atoms with Crippen molar-refractivity contribution in [1.29, 1.82) is 0 Å². The maximum Gasteiger partial charge on any atom is 0.264 e. The van der Waals surface area contributed by atoms with Crippen LogP contribution in [0.4, 0.5) is 15.9 Å². The predicted molar refractivity (Wildman–Crippen MR) is 130 cm³/mol. The average Bonchev–Trinajstić information content (AvgIpc) is 3.28. The normalized spacial score (nSPS) is 17.2. The van der Waals surface area contributed by atoms with E-state index in [9.17, 15) is 9.18 Å². The van der Waals surface area contributed by atoms with Crippen LogP contribution in [-0.4, -0.2) is 66.3 Å². The number of hydrogen-bond acceptors (Lipinski definition) is 7. The minimum absolute atomic E-state index is 0.0245. The number of anilines is 2. The van der Waals surface area contributed by atoms with E-state index >= 15 is 0 Å². The van der Waals surface area contributed by atoms with E-state index in [1.807, 2.05) is 28.2 Å². The van der Waals surface area contributed by atoms with Crippen LogP contribution in [0, 0.1) is 5.82 Å². The van der Waals surface area contributed by atoms with Gasteiger partial charge in [0, 0.05) is 39.3 Å². The van der Waals surface area contributed by atoms with Gasteiger partial charge in [0.15, 0.2) is 5.16 Å². The first kappa shape index (κ1) is 21.5. The van der Waals surface area contributed by atoms with Crippen molar-refractivity contribution in [2.45, 2.75) is 24.4 Å². The van der Waals surface area contributed by atoms with Crippen LogP contribution in [0.25, 0.3) is 10.2 Å². The second kappa shape index (κ2) is 9.23. The number of thioether (sulfide) groups is 1. The molecule has 1 aromatic carbocycles. The molecular formula is C23H26FN5OS2. The summed E-state index contributed by atoms with van der Waals surface area (Å²) in [7, 11) is 0. The quantitative estimate of drug-likeness (QED) is 0.412. The van der Waals surface area contributed by atoms with Crippen molar-refractivity contribution < 1.29 is 9.18 Å². The van der Waals surface area contributed by atoms with Crippen LogP contribution in [-0.2, 0) is 0 Å². The molecule has 168 valence electrons. The molecule has 0 spiro atoms. The zero-order valence-electron chi connectivity index (χ0n) is 18.1. The van der Waals surface area contributed by atoms with E-state index in [2.05, 4.69) is 9.88 Å². The smallest absolute Gasteiger partial charge is 0.264 e. The number of hydrogen-bond donors (Lipinski definition) is 0. The Kier molecular flexibility index (Phi) is 6.19. The number of amides is 1. The SMILES string of the molecule is CSc1nc(N2CCCCC2)c2cc(C(=O)N3CCN(c4ccccc4F)CC3)sc2n1. The fraction of sp³-hybridized carbons (Fsp3) is 0.435. The van der Waals surface area contributed by atoms with Gasteiger partial charge in [0.1, 0.15) is 16.5 Å². The fourth-order valence-corrected chi connectivity index (χ4v) is 5.86. The van der Waals surface area contributed by atoms with E-state index in [1.165, 1.54) is 48.4 Å². The molecule has 0 bridgehead atoms. The third kappa shape index (κ3) is 4.15. The van der Waals surface area contributed by atoms with Crippen LogP contribution >= 0.6 is 23.1 Å². The maximum absolute atomic E-state index is 14.1. The van der Waals surface area contributed by atoms with Crippen LogP contribution in [0.1, 0.15) is 28.9 Å². The van der Waals surface area contributed by atoms with Gasteiger partial charge in [-0.15, -0.1) is 11.3 Å². The van der Waals surface area contributed by atoms with Crippen LogP contribution in [0.15, 0.2) is 35.5 Å². The largest absolute Gasteiger partial charge is 0.366 e. The van der Waals surface area contributed by atoms with E-state index in [4.69, 9.17) is 4.98 Å². The minimum atomic E-state index is -0.217. The molecule has 0 radical (unpaired) electrons. The molecular weight excluding hydrogens is 445 g/mol. The first-order chi connectivity index (χ1) is 15.6. The van der Waals surface area contributed by atoms with Gasteiger partial charge in [0.05, 0.1) is 16.0 Å². The molecule has 0 atom stereocenters. The Morgan fingerprint density at radius 1 is 1.00 bits per heavy atom. The summed E-state index contributed by atoms with van der Waals surface area (Å²) in [5.74, 6) is 0.764. The van der Waals surface area contributed by atoms with Gasteiger partial charge in [-0.05, 0) is 43.7 Å². The van der Waals surface area contributed by atoms with Gasteiger partial charge in [-0.3, -0.25) is 4.79 Å². The summed E-state index contributed by atoms with van der Waals surface area (Å²) in [5.41, 5.74) is 0.604. The molecule has 6 nitrogen and oxygen atoms in total. The van der Waals surface area contributed by atoms with E-state index in [-0.39, 0.29) is 11.7 Å². The molecule has 2 aliphatic heterocycles. The van der Waals surface area contributed by atoms with Gasteiger partial charge in [-0.2, -0.15) is 0 Å². The van der Waals surface area contributed by atoms with E-state index < -0.39 is 0 Å². The average molecular weight is 472 g/mol. The molecule has 0 unspecified atom stereocenters. The van der Waals surface area contributed by atoms with Gasteiger partial charge in [0.2, 0.25) is 0 Å². The van der Waals surface area contributed by atoms with Gasteiger partial charge < -0.3 is 14.7 Å². The third-order valence-corrected chi connectivity index (χ3v) is 7.73. The van der Waals surface area contributed by atoms with Crippen molar-refractivity contribution in [3.8, 4) is 0 Å². The number of halogens is 1. The third-order valence-electron chi connectivity index (χ3n) is 6.16. The summed E-state index contributed by atoms with van der Waals surface area (Å²) >= 11 is 2.98. The summed E-state index contributed by atoms with van der Waals surface area (Å²) in [6.45, 7) is 4.37. The number of piperazine rings is 1. The molecule has 0 aliphatic carbocycles. The predicted octanol–water partition coefficient (Wildman–Crippen LogP) is 4.51. The zero-order valence-corrected chi connectivity index (χ0v) is 19.7. The highest BCUT2D eigenvalue weighted by Gasteiger charge is 2.26.